The molecule has 0 bridgehead atoms. The molecule has 0 aliphatic carbocycles. The van der Waals surface area contributed by atoms with Gasteiger partial charge in [-0.2, -0.15) is 5.10 Å². The monoisotopic (exact) mass is 221 g/mol. The van der Waals surface area contributed by atoms with Crippen molar-refractivity contribution in [1.29, 1.82) is 0 Å². The van der Waals surface area contributed by atoms with Crippen LogP contribution >= 0.6 is 11.6 Å². The first-order chi connectivity index (χ1) is 7.18. The zero-order valence-electron chi connectivity index (χ0n) is 7.72. The van der Waals surface area contributed by atoms with E-state index in [2.05, 4.69) is 5.10 Å². The predicted octanol–water partition coefficient (Wildman–Crippen LogP) is 1.62. The number of amides is 1. The fraction of sp³-hybridized carbons (Fsp3) is 0. The lowest BCUT2D eigenvalue weighted by atomic mass is 10.1. The molecule has 0 atom stereocenters. The van der Waals surface area contributed by atoms with E-state index in [1.807, 2.05) is 0 Å². The van der Waals surface area contributed by atoms with Crippen LogP contribution < -0.4 is 5.73 Å². The van der Waals surface area contributed by atoms with Crippen LogP contribution in [-0.2, 0) is 0 Å². The highest BCUT2D eigenvalue weighted by molar-refractivity contribution is 6.31. The molecule has 1 heterocycles. The molecule has 0 aliphatic heterocycles. The lowest BCUT2D eigenvalue weighted by molar-refractivity contribution is 0.1000. The third kappa shape index (κ3) is 1.85. The first-order valence-electron chi connectivity index (χ1n) is 4.28. The largest absolute Gasteiger partial charge is 0.366 e. The number of benzene rings is 1. The highest BCUT2D eigenvalue weighted by Gasteiger charge is 2.10. The molecule has 0 spiro atoms. The van der Waals surface area contributed by atoms with E-state index in [4.69, 9.17) is 17.3 Å². The molecule has 0 saturated heterocycles. The van der Waals surface area contributed by atoms with Crippen molar-refractivity contribution in [1.82, 2.24) is 9.78 Å². The summed E-state index contributed by atoms with van der Waals surface area (Å²) in [4.78, 5) is 11.2. The van der Waals surface area contributed by atoms with Gasteiger partial charge in [-0.05, 0) is 24.3 Å². The molecule has 4 nitrogen and oxygen atoms in total. The maximum absolute atomic E-state index is 11.2. The van der Waals surface area contributed by atoms with Gasteiger partial charge in [0, 0.05) is 17.4 Å². The molecule has 15 heavy (non-hydrogen) atoms. The summed E-state index contributed by atoms with van der Waals surface area (Å²) >= 11 is 5.85. The first kappa shape index (κ1) is 9.73. The summed E-state index contributed by atoms with van der Waals surface area (Å²) in [6.07, 6.45) is 3.34. The van der Waals surface area contributed by atoms with Gasteiger partial charge in [0.05, 0.1) is 11.3 Å². The maximum atomic E-state index is 11.2. The van der Waals surface area contributed by atoms with Crippen molar-refractivity contribution >= 4 is 17.5 Å². The second-order valence-corrected chi connectivity index (χ2v) is 3.41. The molecule has 1 aromatic carbocycles. The topological polar surface area (TPSA) is 60.9 Å². The second-order valence-electron chi connectivity index (χ2n) is 2.98. The number of nitrogens with two attached hydrogens (primary N) is 1. The number of nitrogens with zero attached hydrogens (tertiary/aromatic N) is 2. The molecule has 5 heteroatoms. The molecule has 2 aromatic rings. The molecule has 0 radical (unpaired) electrons. The molecule has 1 aromatic heterocycles. The Morgan fingerprint density at radius 3 is 2.87 bits per heavy atom. The first-order valence-corrected chi connectivity index (χ1v) is 4.65. The molecule has 0 unspecified atom stereocenters. The van der Waals surface area contributed by atoms with E-state index in [-0.39, 0.29) is 0 Å². The van der Waals surface area contributed by atoms with E-state index in [0.717, 1.165) is 0 Å². The van der Waals surface area contributed by atoms with E-state index in [1.54, 1.807) is 41.3 Å². The van der Waals surface area contributed by atoms with Crippen molar-refractivity contribution < 1.29 is 4.79 Å². The van der Waals surface area contributed by atoms with Crippen LogP contribution in [0.1, 0.15) is 10.4 Å². The summed E-state index contributed by atoms with van der Waals surface area (Å²) in [7, 11) is 0. The minimum Gasteiger partial charge on any atom is -0.366 e. The van der Waals surface area contributed by atoms with Crippen molar-refractivity contribution in [3.63, 3.8) is 0 Å². The van der Waals surface area contributed by atoms with Crippen LogP contribution in [0.4, 0.5) is 0 Å². The molecule has 0 fully saturated rings. The number of primary amides is 1. The Hall–Kier alpha value is -1.81. The average molecular weight is 222 g/mol. The summed E-state index contributed by atoms with van der Waals surface area (Å²) in [6, 6.07) is 6.61. The minimum atomic E-state index is -0.503. The molecular formula is C10H8ClN3O. The van der Waals surface area contributed by atoms with E-state index in [0.29, 0.717) is 16.3 Å². The number of aromatic nitrogens is 2. The van der Waals surface area contributed by atoms with Gasteiger partial charge in [0.1, 0.15) is 0 Å². The van der Waals surface area contributed by atoms with Gasteiger partial charge in [0.25, 0.3) is 5.91 Å². The molecule has 1 amide bonds. The highest BCUT2D eigenvalue weighted by Crippen LogP contribution is 2.18. The zero-order valence-corrected chi connectivity index (χ0v) is 8.48. The molecular weight excluding hydrogens is 214 g/mol. The Morgan fingerprint density at radius 2 is 2.27 bits per heavy atom. The SMILES string of the molecule is NC(=O)c1ccc(Cl)cc1-n1cccn1. The van der Waals surface area contributed by atoms with Crippen LogP contribution in [-0.4, -0.2) is 15.7 Å². The van der Waals surface area contributed by atoms with Crippen LogP contribution in [0.2, 0.25) is 5.02 Å². The number of hydrogen-bond acceptors (Lipinski definition) is 2. The van der Waals surface area contributed by atoms with Crippen LogP contribution in [0.3, 0.4) is 0 Å². The Morgan fingerprint density at radius 1 is 1.47 bits per heavy atom. The quantitative estimate of drug-likeness (QED) is 0.838. The van der Waals surface area contributed by atoms with Crippen LogP contribution in [0.15, 0.2) is 36.7 Å². The highest BCUT2D eigenvalue weighted by atomic mass is 35.5. The van der Waals surface area contributed by atoms with Crippen LogP contribution in [0.5, 0.6) is 0 Å². The summed E-state index contributed by atoms with van der Waals surface area (Å²) in [6.45, 7) is 0. The minimum absolute atomic E-state index is 0.392. The lowest BCUT2D eigenvalue weighted by Crippen LogP contribution is -2.14. The Balaban J connectivity index is 2.63. The van der Waals surface area contributed by atoms with Crippen molar-refractivity contribution in [3.8, 4) is 5.69 Å². The van der Waals surface area contributed by atoms with Crippen molar-refractivity contribution in [2.75, 3.05) is 0 Å². The standard InChI is InChI=1S/C10H8ClN3O/c11-7-2-3-8(10(12)15)9(6-7)14-5-1-4-13-14/h1-6H,(H2,12,15). The van der Waals surface area contributed by atoms with E-state index in [9.17, 15) is 4.79 Å². The van der Waals surface area contributed by atoms with Gasteiger partial charge >= 0.3 is 0 Å². The molecule has 0 saturated carbocycles. The summed E-state index contributed by atoms with van der Waals surface area (Å²) in [5, 5.41) is 4.55. The third-order valence-electron chi connectivity index (χ3n) is 1.98. The van der Waals surface area contributed by atoms with Gasteiger partial charge < -0.3 is 5.73 Å². The molecule has 2 rings (SSSR count). The number of hydrogen-bond donors (Lipinski definition) is 1. The summed E-state index contributed by atoms with van der Waals surface area (Å²) in [5.41, 5.74) is 6.22. The number of rotatable bonds is 2. The van der Waals surface area contributed by atoms with Gasteiger partial charge in [-0.15, -0.1) is 0 Å². The molecule has 2 N–H and O–H groups in total. The Bertz CT molecular complexity index is 493. The van der Waals surface area contributed by atoms with Gasteiger partial charge in [0.2, 0.25) is 0 Å². The van der Waals surface area contributed by atoms with Crippen molar-refractivity contribution in [3.05, 3.63) is 47.2 Å². The Labute approximate surface area is 91.3 Å². The smallest absolute Gasteiger partial charge is 0.250 e. The normalized spacial score (nSPS) is 10.2. The van der Waals surface area contributed by atoms with Gasteiger partial charge in [0.15, 0.2) is 0 Å². The van der Waals surface area contributed by atoms with Crippen molar-refractivity contribution in [2.24, 2.45) is 5.73 Å². The van der Waals surface area contributed by atoms with Gasteiger partial charge in [-0.1, -0.05) is 11.6 Å². The Kier molecular flexibility index (Phi) is 2.43. The van der Waals surface area contributed by atoms with Crippen LogP contribution in [0, 0.1) is 0 Å². The second kappa shape index (κ2) is 3.74. The maximum Gasteiger partial charge on any atom is 0.250 e. The number of carbonyl (C=O) groups excluding carboxylic acids is 1. The van der Waals surface area contributed by atoms with E-state index < -0.39 is 5.91 Å². The summed E-state index contributed by atoms with van der Waals surface area (Å²) in [5.74, 6) is -0.503. The zero-order chi connectivity index (χ0) is 10.8. The fourth-order valence-electron chi connectivity index (χ4n) is 1.31. The summed E-state index contributed by atoms with van der Waals surface area (Å²) < 4.78 is 1.55. The third-order valence-corrected chi connectivity index (χ3v) is 2.21. The van der Waals surface area contributed by atoms with Gasteiger partial charge in [-0.25, -0.2) is 4.68 Å². The van der Waals surface area contributed by atoms with Crippen LogP contribution in [0.25, 0.3) is 5.69 Å². The number of halogens is 1. The van der Waals surface area contributed by atoms with Crippen molar-refractivity contribution in [2.45, 2.75) is 0 Å². The molecule has 0 aliphatic rings. The number of carbonyl (C=O) groups is 1. The van der Waals surface area contributed by atoms with E-state index >= 15 is 0 Å². The predicted molar refractivity (Wildman–Crippen MR) is 57.1 cm³/mol. The van der Waals surface area contributed by atoms with Gasteiger partial charge in [-0.3, -0.25) is 4.79 Å². The molecule has 76 valence electrons. The lowest BCUT2D eigenvalue weighted by Gasteiger charge is -2.06. The average Bonchev–Trinajstić information content (AvgIpc) is 2.69. The van der Waals surface area contributed by atoms with E-state index in [1.165, 1.54) is 0 Å². The fourth-order valence-corrected chi connectivity index (χ4v) is 1.48.